The minimum Gasteiger partial charge on any atom is -1.00 e. The van der Waals surface area contributed by atoms with E-state index >= 15 is 0 Å². The van der Waals surface area contributed by atoms with Crippen LogP contribution >= 0.6 is 0 Å². The summed E-state index contributed by atoms with van der Waals surface area (Å²) in [6, 6.07) is 0. The topological polar surface area (TPSA) is 43.4 Å². The first-order valence-electron chi connectivity index (χ1n) is 1.38. The summed E-state index contributed by atoms with van der Waals surface area (Å²) in [6.45, 7) is 1.26. The Bertz CT molecular complexity index is 80.1. The second-order valence-electron chi connectivity index (χ2n) is 0.706. The molecule has 0 aliphatic rings. The van der Waals surface area contributed by atoms with Crippen LogP contribution in [0.1, 0.15) is 9.78 Å². The molecule has 3 nitrogen and oxygen atoms in total. The van der Waals surface area contributed by atoms with Crippen molar-refractivity contribution in [2.24, 2.45) is 0 Å². The summed E-state index contributed by atoms with van der Waals surface area (Å²) in [6.07, 6.45) is 0. The first kappa shape index (κ1) is 16.1. The van der Waals surface area contributed by atoms with Crippen molar-refractivity contribution < 1.29 is 76.3 Å². The maximum absolute atomic E-state index is 9.59. The van der Waals surface area contributed by atoms with Crippen LogP contribution < -0.4 is 59.1 Å². The summed E-state index contributed by atoms with van der Waals surface area (Å²) in [5.41, 5.74) is 0. The van der Waals surface area contributed by atoms with Crippen LogP contribution in [0.3, 0.4) is 0 Å². The summed E-state index contributed by atoms with van der Waals surface area (Å²) in [5.74, 6) is -0.579. The number of rotatable bonds is 1. The molecule has 0 N–H and O–H groups in total. The largest absolute Gasteiger partial charge is 1.00 e. The number of hydrogen-bond acceptors (Lipinski definition) is 3. The van der Waals surface area contributed by atoms with Gasteiger partial charge in [0.2, 0.25) is 0 Å². The maximum Gasteiger partial charge on any atom is 1.00 e. The average molecular weight is 136 g/mol. The van der Waals surface area contributed by atoms with Gasteiger partial charge < -0.3 is 7.59 Å². The predicted octanol–water partition coefficient (Wildman–Crippen LogP) is -6.06. The zero-order chi connectivity index (χ0) is 4.99. The fraction of sp³-hybridized carbons (Fsp3) is 0.333. The third-order valence-electron chi connectivity index (χ3n) is 0.214. The Morgan fingerprint density at radius 2 is 2.00 bits per heavy atom. The van der Waals surface area contributed by atoms with Crippen molar-refractivity contribution in [1.82, 2.24) is 0 Å². The van der Waals surface area contributed by atoms with Gasteiger partial charge in [-0.15, -0.1) is 0 Å². The molecule has 0 atom stereocenters. The van der Waals surface area contributed by atoms with E-state index in [0.29, 0.717) is 0 Å². The van der Waals surface area contributed by atoms with Crippen LogP contribution in [-0.2, 0) is 14.3 Å². The van der Waals surface area contributed by atoms with Gasteiger partial charge in [0.25, 0.3) is 0 Å². The summed E-state index contributed by atoms with van der Waals surface area (Å²) in [5, 5.41) is 0. The van der Waals surface area contributed by atoms with Crippen molar-refractivity contribution in [2.45, 2.75) is 6.92 Å². The Hall–Kier alpha value is 1.14. The van der Waals surface area contributed by atoms with Crippen LogP contribution in [0.15, 0.2) is 0 Å². The molecule has 0 saturated carbocycles. The van der Waals surface area contributed by atoms with E-state index in [1.54, 1.807) is 0 Å². The van der Waals surface area contributed by atoms with E-state index in [2.05, 4.69) is 4.74 Å². The van der Waals surface area contributed by atoms with E-state index in [1.165, 1.54) is 0 Å². The molecule has 0 spiro atoms. The van der Waals surface area contributed by atoms with Crippen molar-refractivity contribution in [3.63, 3.8) is 0 Å². The fourth-order valence-corrected chi connectivity index (χ4v) is 0.0678. The summed E-state index contributed by atoms with van der Waals surface area (Å²) in [4.78, 5) is 18.8. The van der Waals surface area contributed by atoms with E-state index in [-0.39, 0.29) is 68.4 Å². The molecule has 0 fully saturated rings. The molecule has 0 aromatic rings. The van der Waals surface area contributed by atoms with Crippen LogP contribution in [0.25, 0.3) is 0 Å². The molecule has 0 radical (unpaired) electrons. The summed E-state index contributed by atoms with van der Waals surface area (Å²) >= 11 is 0. The first-order valence-corrected chi connectivity index (χ1v) is 1.38. The van der Waals surface area contributed by atoms with Crippen molar-refractivity contribution in [3.8, 4) is 0 Å². The summed E-state index contributed by atoms with van der Waals surface area (Å²) < 4.78 is 3.72. The monoisotopic (exact) mass is 136 g/mol. The molecule has 0 aliphatic heterocycles. The standard InChI is InChI=1S/C3H4O3.2Na.2H/c1-3(5)6-2-4;;;;/h2H,1H3;;;;/q;2*+1;2*-1. The molecule has 0 amide bonds. The van der Waals surface area contributed by atoms with Gasteiger partial charge in [-0.1, -0.05) is 0 Å². The van der Waals surface area contributed by atoms with Crippen LogP contribution in [0.4, 0.5) is 0 Å². The Balaban J connectivity index is -0.0000000208. The van der Waals surface area contributed by atoms with E-state index in [1.807, 2.05) is 0 Å². The average Bonchev–Trinajstić information content (AvgIpc) is 1.35. The van der Waals surface area contributed by atoms with Gasteiger partial charge in [-0.3, -0.25) is 9.59 Å². The molecule has 0 aliphatic carbocycles. The molecule has 5 heteroatoms. The molecule has 0 heterocycles. The van der Waals surface area contributed by atoms with Crippen LogP contribution in [0, 0.1) is 0 Å². The molecule has 38 valence electrons. The zero-order valence-electron chi connectivity index (χ0n) is 7.30. The fourth-order valence-electron chi connectivity index (χ4n) is 0.0678. The molecule has 0 rings (SSSR count). The molecule has 8 heavy (non-hydrogen) atoms. The van der Waals surface area contributed by atoms with Gasteiger partial charge in [0, 0.05) is 6.92 Å². The Morgan fingerprint density at radius 1 is 1.62 bits per heavy atom. The second kappa shape index (κ2) is 11.0. The number of ether oxygens (including phenoxy) is 1. The molecule has 0 bridgehead atoms. The van der Waals surface area contributed by atoms with Crippen LogP contribution in [0.2, 0.25) is 0 Å². The second-order valence-corrected chi connectivity index (χ2v) is 0.706. The van der Waals surface area contributed by atoms with Gasteiger partial charge in [-0.25, -0.2) is 0 Å². The van der Waals surface area contributed by atoms with E-state index in [9.17, 15) is 9.59 Å². The Morgan fingerprint density at radius 3 is 2.00 bits per heavy atom. The Kier molecular flexibility index (Phi) is 22.1. The first-order chi connectivity index (χ1) is 2.77. The Labute approximate surface area is 94.7 Å². The van der Waals surface area contributed by atoms with Crippen LogP contribution in [0.5, 0.6) is 0 Å². The molecule has 0 saturated heterocycles. The van der Waals surface area contributed by atoms with Crippen molar-refractivity contribution in [1.29, 1.82) is 0 Å². The third-order valence-corrected chi connectivity index (χ3v) is 0.214. The van der Waals surface area contributed by atoms with Crippen molar-refractivity contribution in [3.05, 3.63) is 0 Å². The smallest absolute Gasteiger partial charge is 1.00 e. The van der Waals surface area contributed by atoms with Gasteiger partial charge in [0.15, 0.2) is 0 Å². The van der Waals surface area contributed by atoms with Gasteiger partial charge >= 0.3 is 71.6 Å². The van der Waals surface area contributed by atoms with Crippen LogP contribution in [-0.4, -0.2) is 12.4 Å². The van der Waals surface area contributed by atoms with Gasteiger partial charge in [0.1, 0.15) is 0 Å². The van der Waals surface area contributed by atoms with E-state index in [0.717, 1.165) is 6.92 Å². The zero-order valence-corrected chi connectivity index (χ0v) is 9.30. The normalized spacial score (nSPS) is 5.12. The minimum atomic E-state index is -0.579. The molecular formula is C3H6Na2O3. The van der Waals surface area contributed by atoms with Gasteiger partial charge in [-0.05, 0) is 0 Å². The number of carbonyl (C=O) groups is 2. The van der Waals surface area contributed by atoms with Gasteiger partial charge in [0.05, 0.1) is 0 Å². The number of esters is 1. The minimum absolute atomic E-state index is 0. The summed E-state index contributed by atoms with van der Waals surface area (Å²) in [7, 11) is 0. The number of hydrogen-bond donors (Lipinski definition) is 0. The van der Waals surface area contributed by atoms with E-state index in [4.69, 9.17) is 0 Å². The maximum atomic E-state index is 9.59. The molecule has 0 aromatic carbocycles. The predicted molar refractivity (Wildman–Crippen MR) is 20.1 cm³/mol. The number of carbonyl (C=O) groups excluding carboxylic acids is 2. The van der Waals surface area contributed by atoms with Crippen molar-refractivity contribution >= 4 is 12.4 Å². The molecular weight excluding hydrogens is 130 g/mol. The SMILES string of the molecule is CC(=O)OC=O.[H-].[H-].[Na+].[Na+]. The molecule has 0 aromatic heterocycles. The van der Waals surface area contributed by atoms with Crippen molar-refractivity contribution in [2.75, 3.05) is 0 Å². The van der Waals surface area contributed by atoms with Gasteiger partial charge in [-0.2, -0.15) is 0 Å². The van der Waals surface area contributed by atoms with E-state index < -0.39 is 5.97 Å². The third kappa shape index (κ3) is 15.7. The molecule has 0 unspecified atom stereocenters. The quantitative estimate of drug-likeness (QED) is 0.156.